The fourth-order valence-electron chi connectivity index (χ4n) is 2.85. The first kappa shape index (κ1) is 12.9. The van der Waals surface area contributed by atoms with E-state index in [1.165, 1.54) is 6.07 Å². The van der Waals surface area contributed by atoms with Gasteiger partial charge in [0.2, 0.25) is 0 Å². The van der Waals surface area contributed by atoms with Gasteiger partial charge >= 0.3 is 5.97 Å². The Bertz CT molecular complexity index is 476. The number of hydrogen-bond acceptors (Lipinski definition) is 2. The number of halogens is 1. The summed E-state index contributed by atoms with van der Waals surface area (Å²) in [5, 5.41) is 19.4. The minimum absolute atomic E-state index is 0.229. The molecule has 1 aromatic rings. The molecule has 18 heavy (non-hydrogen) atoms. The fourth-order valence-corrected chi connectivity index (χ4v) is 2.85. The summed E-state index contributed by atoms with van der Waals surface area (Å²) in [5.74, 6) is -2.22. The Morgan fingerprint density at radius 1 is 1.28 bits per heavy atom. The largest absolute Gasteiger partial charge is 0.505 e. The molecule has 0 atom stereocenters. The van der Waals surface area contributed by atoms with E-state index in [9.17, 15) is 19.4 Å². The third-order valence-electron chi connectivity index (χ3n) is 3.84. The predicted molar refractivity (Wildman–Crippen MR) is 65.2 cm³/mol. The van der Waals surface area contributed by atoms with Crippen molar-refractivity contribution in [2.24, 2.45) is 0 Å². The van der Waals surface area contributed by atoms with Crippen LogP contribution in [0.15, 0.2) is 12.1 Å². The lowest BCUT2D eigenvalue weighted by Gasteiger charge is -2.34. The average molecular weight is 252 g/mol. The first-order valence-corrected chi connectivity index (χ1v) is 6.20. The number of rotatable bonds is 2. The monoisotopic (exact) mass is 252 g/mol. The highest BCUT2D eigenvalue weighted by atomic mass is 19.1. The van der Waals surface area contributed by atoms with Crippen molar-refractivity contribution < 1.29 is 19.4 Å². The van der Waals surface area contributed by atoms with E-state index in [2.05, 4.69) is 0 Å². The number of aromatic hydroxyl groups is 1. The summed E-state index contributed by atoms with van der Waals surface area (Å²) in [5.41, 5.74) is -0.270. The molecule has 0 aromatic heterocycles. The van der Waals surface area contributed by atoms with E-state index in [0.717, 1.165) is 19.3 Å². The van der Waals surface area contributed by atoms with Crippen LogP contribution in [0.4, 0.5) is 4.39 Å². The normalized spacial score (nSPS) is 18.6. The number of phenols is 1. The van der Waals surface area contributed by atoms with Gasteiger partial charge in [0.15, 0.2) is 11.6 Å². The van der Waals surface area contributed by atoms with Crippen LogP contribution in [0.25, 0.3) is 0 Å². The van der Waals surface area contributed by atoms with Crippen molar-refractivity contribution in [3.63, 3.8) is 0 Å². The highest BCUT2D eigenvalue weighted by Crippen LogP contribution is 2.44. The van der Waals surface area contributed by atoms with Crippen LogP contribution in [-0.4, -0.2) is 16.2 Å². The van der Waals surface area contributed by atoms with Crippen molar-refractivity contribution in [2.75, 3.05) is 0 Å². The number of benzene rings is 1. The lowest BCUT2D eigenvalue weighted by molar-refractivity contribution is -0.145. The van der Waals surface area contributed by atoms with Crippen LogP contribution < -0.4 is 0 Å². The second-order valence-corrected chi connectivity index (χ2v) is 5.09. The van der Waals surface area contributed by atoms with Gasteiger partial charge in [-0.25, -0.2) is 4.39 Å². The minimum atomic E-state index is -1.13. The van der Waals surface area contributed by atoms with Crippen molar-refractivity contribution in [3.8, 4) is 5.75 Å². The molecular weight excluding hydrogens is 235 g/mol. The Labute approximate surface area is 105 Å². The lowest BCUT2D eigenvalue weighted by atomic mass is 9.69. The molecule has 1 aliphatic carbocycles. The molecule has 0 amide bonds. The van der Waals surface area contributed by atoms with Gasteiger partial charge in [-0.1, -0.05) is 25.3 Å². The van der Waals surface area contributed by atoms with Crippen LogP contribution >= 0.6 is 0 Å². The topological polar surface area (TPSA) is 57.5 Å². The molecule has 1 aromatic carbocycles. The van der Waals surface area contributed by atoms with Crippen LogP contribution in [0.2, 0.25) is 0 Å². The summed E-state index contributed by atoms with van der Waals surface area (Å²) in [6.07, 6.45) is 3.49. The lowest BCUT2D eigenvalue weighted by Crippen LogP contribution is -2.38. The number of hydrogen-bond donors (Lipinski definition) is 2. The van der Waals surface area contributed by atoms with Gasteiger partial charge in [-0.3, -0.25) is 4.79 Å². The van der Waals surface area contributed by atoms with Crippen LogP contribution in [0, 0.1) is 12.7 Å². The molecule has 0 unspecified atom stereocenters. The average Bonchev–Trinajstić information content (AvgIpc) is 2.34. The van der Waals surface area contributed by atoms with Crippen LogP contribution in [-0.2, 0) is 10.2 Å². The Kier molecular flexibility index (Phi) is 3.28. The van der Waals surface area contributed by atoms with Gasteiger partial charge in [-0.15, -0.1) is 0 Å². The number of carboxylic acid groups (broad SMARTS) is 1. The second-order valence-electron chi connectivity index (χ2n) is 5.09. The maximum atomic E-state index is 13.6. The molecule has 1 aliphatic rings. The second kappa shape index (κ2) is 4.59. The summed E-state index contributed by atoms with van der Waals surface area (Å²) in [6.45, 7) is 1.70. The van der Waals surface area contributed by atoms with E-state index in [-0.39, 0.29) is 5.56 Å². The number of aliphatic carboxylic acids is 1. The predicted octanol–water partition coefficient (Wildman–Crippen LogP) is 3.13. The summed E-state index contributed by atoms with van der Waals surface area (Å²) in [7, 11) is 0. The third kappa shape index (κ3) is 1.96. The number of phenolic OH excluding ortho intramolecular Hbond substituents is 1. The zero-order chi connectivity index (χ0) is 13.3. The Hall–Kier alpha value is -1.58. The van der Waals surface area contributed by atoms with Gasteiger partial charge in [0, 0.05) is 5.56 Å². The first-order chi connectivity index (χ1) is 8.47. The molecule has 0 saturated heterocycles. The van der Waals surface area contributed by atoms with Crippen LogP contribution in [0.1, 0.15) is 43.2 Å². The van der Waals surface area contributed by atoms with Gasteiger partial charge in [0.05, 0.1) is 5.41 Å². The highest BCUT2D eigenvalue weighted by Gasteiger charge is 2.43. The highest BCUT2D eigenvalue weighted by molar-refractivity contribution is 5.82. The van der Waals surface area contributed by atoms with E-state index < -0.39 is 23.0 Å². The van der Waals surface area contributed by atoms with Crippen LogP contribution in [0.5, 0.6) is 5.75 Å². The summed E-state index contributed by atoms with van der Waals surface area (Å²) in [4.78, 5) is 11.6. The first-order valence-electron chi connectivity index (χ1n) is 6.20. The van der Waals surface area contributed by atoms with E-state index >= 15 is 0 Å². The van der Waals surface area contributed by atoms with Crippen molar-refractivity contribution in [1.82, 2.24) is 0 Å². The van der Waals surface area contributed by atoms with Crippen molar-refractivity contribution in [3.05, 3.63) is 29.1 Å². The molecular formula is C14H17FO3. The summed E-state index contributed by atoms with van der Waals surface area (Å²) < 4.78 is 13.6. The Balaban J connectivity index is 2.59. The molecule has 0 bridgehead atoms. The fraction of sp³-hybridized carbons (Fsp3) is 0.500. The molecule has 1 saturated carbocycles. The number of carbonyl (C=O) groups is 1. The Morgan fingerprint density at radius 2 is 1.89 bits per heavy atom. The van der Waals surface area contributed by atoms with E-state index in [0.29, 0.717) is 18.4 Å². The molecule has 0 radical (unpaired) electrons. The van der Waals surface area contributed by atoms with E-state index in [4.69, 9.17) is 0 Å². The zero-order valence-electron chi connectivity index (χ0n) is 10.4. The molecule has 1 fully saturated rings. The van der Waals surface area contributed by atoms with Crippen molar-refractivity contribution >= 4 is 5.97 Å². The molecule has 4 heteroatoms. The maximum absolute atomic E-state index is 13.6. The van der Waals surface area contributed by atoms with Gasteiger partial charge in [0.25, 0.3) is 0 Å². The molecule has 0 spiro atoms. The van der Waals surface area contributed by atoms with E-state index in [1.807, 2.05) is 0 Å². The van der Waals surface area contributed by atoms with E-state index in [1.54, 1.807) is 13.0 Å². The SMILES string of the molecule is Cc1cc(F)c(O)c(C2(C(=O)O)CCCCC2)c1. The molecule has 2 N–H and O–H groups in total. The molecule has 0 aliphatic heterocycles. The van der Waals surface area contributed by atoms with Crippen LogP contribution in [0.3, 0.4) is 0 Å². The number of aryl methyl sites for hydroxylation is 1. The summed E-state index contributed by atoms with van der Waals surface area (Å²) in [6, 6.07) is 2.81. The van der Waals surface area contributed by atoms with Crippen molar-refractivity contribution in [2.45, 2.75) is 44.4 Å². The van der Waals surface area contributed by atoms with Gasteiger partial charge in [-0.05, 0) is 31.4 Å². The molecule has 3 nitrogen and oxygen atoms in total. The number of carboxylic acids is 1. The smallest absolute Gasteiger partial charge is 0.314 e. The van der Waals surface area contributed by atoms with Crippen molar-refractivity contribution in [1.29, 1.82) is 0 Å². The minimum Gasteiger partial charge on any atom is -0.505 e. The third-order valence-corrected chi connectivity index (χ3v) is 3.84. The summed E-state index contributed by atoms with van der Waals surface area (Å²) >= 11 is 0. The molecule has 0 heterocycles. The van der Waals surface area contributed by atoms with Gasteiger partial charge in [0.1, 0.15) is 0 Å². The van der Waals surface area contributed by atoms with Gasteiger partial charge in [-0.2, -0.15) is 0 Å². The van der Waals surface area contributed by atoms with Gasteiger partial charge < -0.3 is 10.2 Å². The maximum Gasteiger partial charge on any atom is 0.314 e. The standard InChI is InChI=1S/C14H17FO3/c1-9-7-10(12(16)11(15)8-9)14(13(17)18)5-3-2-4-6-14/h7-8,16H,2-6H2,1H3,(H,17,18). The zero-order valence-corrected chi connectivity index (χ0v) is 10.4. The molecule has 98 valence electrons. The molecule has 2 rings (SSSR count). The quantitative estimate of drug-likeness (QED) is 0.850. The Morgan fingerprint density at radius 3 is 2.44 bits per heavy atom.